The number of carbonyl (C=O) groups is 2. The molecule has 1 rings (SSSR count). The van der Waals surface area contributed by atoms with Crippen LogP contribution in [0.1, 0.15) is 40.5 Å². The largest absolute Gasteiger partial charge is 0.462 e. The smallest absolute Gasteiger partial charge is 0.407 e. The van der Waals surface area contributed by atoms with Crippen molar-refractivity contribution >= 4 is 18.3 Å². The maximum atomic E-state index is 11.9. The highest BCUT2D eigenvalue weighted by molar-refractivity contribution is 6.10. The Bertz CT molecular complexity index is 488. The van der Waals surface area contributed by atoms with Gasteiger partial charge in [-0.25, -0.2) is 9.59 Å². The molecule has 1 amide bonds. The van der Waals surface area contributed by atoms with Gasteiger partial charge in [-0.1, -0.05) is 0 Å². The second kappa shape index (κ2) is 8.55. The summed E-state index contributed by atoms with van der Waals surface area (Å²) in [6.45, 7) is 8.04. The molecule has 3 N–H and O–H groups in total. The number of rotatable bonds is 7. The Morgan fingerprint density at radius 3 is 2.52 bits per heavy atom. The minimum atomic E-state index is -0.536. The molecule has 1 fully saturated rings. The molecule has 0 heterocycles. The summed E-state index contributed by atoms with van der Waals surface area (Å²) >= 11 is 0. The van der Waals surface area contributed by atoms with E-state index in [0.29, 0.717) is 24.4 Å². The molecule has 23 heavy (non-hydrogen) atoms. The van der Waals surface area contributed by atoms with Crippen molar-refractivity contribution < 1.29 is 19.1 Å². The van der Waals surface area contributed by atoms with Gasteiger partial charge in [-0.3, -0.25) is 4.99 Å². The monoisotopic (exact) mass is 325 g/mol. The molecule has 0 spiro atoms. The van der Waals surface area contributed by atoms with Crippen LogP contribution < -0.4 is 11.1 Å². The molecule has 0 bridgehead atoms. The molecule has 1 aliphatic carbocycles. The van der Waals surface area contributed by atoms with E-state index in [-0.39, 0.29) is 12.5 Å². The van der Waals surface area contributed by atoms with Crippen molar-refractivity contribution in [1.29, 1.82) is 0 Å². The second-order valence-corrected chi connectivity index (χ2v) is 6.33. The van der Waals surface area contributed by atoms with E-state index in [4.69, 9.17) is 15.2 Å². The van der Waals surface area contributed by atoms with E-state index in [2.05, 4.69) is 10.3 Å². The average molecular weight is 325 g/mol. The van der Waals surface area contributed by atoms with Crippen molar-refractivity contribution in [3.63, 3.8) is 0 Å². The van der Waals surface area contributed by atoms with Gasteiger partial charge < -0.3 is 20.5 Å². The minimum Gasteiger partial charge on any atom is -0.462 e. The minimum absolute atomic E-state index is 0.251. The fraction of sp³-hybridized carbons (Fsp3) is 0.688. The van der Waals surface area contributed by atoms with Gasteiger partial charge in [0.05, 0.1) is 18.7 Å². The number of esters is 1. The maximum absolute atomic E-state index is 11.9. The summed E-state index contributed by atoms with van der Waals surface area (Å²) in [5.74, 6) is -0.207. The van der Waals surface area contributed by atoms with Crippen LogP contribution in [0.15, 0.2) is 16.3 Å². The first-order valence-electron chi connectivity index (χ1n) is 7.88. The van der Waals surface area contributed by atoms with E-state index in [0.717, 1.165) is 12.8 Å². The average Bonchev–Trinajstić information content (AvgIpc) is 3.24. The van der Waals surface area contributed by atoms with Crippen LogP contribution >= 0.6 is 0 Å². The molecule has 1 saturated carbocycles. The molecule has 0 aliphatic heterocycles. The Kier molecular flexibility index (Phi) is 7.06. The topological polar surface area (TPSA) is 103 Å². The first-order valence-corrected chi connectivity index (χ1v) is 7.88. The summed E-state index contributed by atoms with van der Waals surface area (Å²) < 4.78 is 10.1. The number of aliphatic imine (C=N–C) groups is 1. The fourth-order valence-corrected chi connectivity index (χ4v) is 1.76. The van der Waals surface area contributed by atoms with Crippen molar-refractivity contribution in [1.82, 2.24) is 5.32 Å². The van der Waals surface area contributed by atoms with Gasteiger partial charge in [-0.05, 0) is 46.5 Å². The Balaban J connectivity index is 2.48. The van der Waals surface area contributed by atoms with Crippen molar-refractivity contribution in [2.24, 2.45) is 16.6 Å². The predicted molar refractivity (Wildman–Crippen MR) is 88.2 cm³/mol. The summed E-state index contributed by atoms with van der Waals surface area (Å²) in [5, 5.41) is 2.59. The van der Waals surface area contributed by atoms with E-state index in [1.807, 2.05) is 0 Å². The molecule has 0 aromatic heterocycles. The number of carbonyl (C=O) groups excluding carboxylic acids is 2. The highest BCUT2D eigenvalue weighted by atomic mass is 16.6. The Labute approximate surface area is 137 Å². The lowest BCUT2D eigenvalue weighted by molar-refractivity contribution is -0.137. The molecule has 7 nitrogen and oxygen atoms in total. The van der Waals surface area contributed by atoms with E-state index in [1.54, 1.807) is 27.7 Å². The zero-order chi connectivity index (χ0) is 17.5. The van der Waals surface area contributed by atoms with E-state index >= 15 is 0 Å². The van der Waals surface area contributed by atoms with Crippen molar-refractivity contribution in [2.45, 2.75) is 46.1 Å². The highest BCUT2D eigenvalue weighted by Crippen LogP contribution is 2.35. The first-order chi connectivity index (χ1) is 10.7. The molecule has 130 valence electrons. The van der Waals surface area contributed by atoms with Gasteiger partial charge in [0.15, 0.2) is 0 Å². The predicted octanol–water partition coefficient (Wildman–Crippen LogP) is 1.77. The quantitative estimate of drug-likeness (QED) is 0.321. The van der Waals surface area contributed by atoms with Crippen LogP contribution in [0.3, 0.4) is 0 Å². The number of nitrogens with two attached hydrogens (primary N) is 1. The molecular formula is C16H27N3O4. The Morgan fingerprint density at radius 1 is 1.35 bits per heavy atom. The van der Waals surface area contributed by atoms with E-state index in [9.17, 15) is 9.59 Å². The number of alkyl carbamates (subject to hydrolysis) is 1. The molecule has 0 aromatic rings. The number of hydrogen-bond donors (Lipinski definition) is 2. The van der Waals surface area contributed by atoms with Crippen LogP contribution in [-0.2, 0) is 14.3 Å². The zero-order valence-electron chi connectivity index (χ0n) is 14.3. The van der Waals surface area contributed by atoms with Crippen molar-refractivity contribution in [3.05, 3.63) is 11.3 Å². The summed E-state index contributed by atoms with van der Waals surface area (Å²) in [6, 6.07) is 0. The normalized spacial score (nSPS) is 16.0. The summed E-state index contributed by atoms with van der Waals surface area (Å²) in [4.78, 5) is 27.5. The lowest BCUT2D eigenvalue weighted by Crippen LogP contribution is -2.33. The Morgan fingerprint density at radius 2 is 2.00 bits per heavy atom. The molecule has 0 aromatic carbocycles. The Hall–Kier alpha value is -2.05. The molecule has 1 aliphatic rings. The fourth-order valence-electron chi connectivity index (χ4n) is 1.76. The second-order valence-electron chi connectivity index (χ2n) is 6.33. The molecular weight excluding hydrogens is 298 g/mol. The van der Waals surface area contributed by atoms with Crippen LogP contribution in [0.2, 0.25) is 0 Å². The van der Waals surface area contributed by atoms with Gasteiger partial charge in [0.2, 0.25) is 0 Å². The zero-order valence-corrected chi connectivity index (χ0v) is 14.3. The van der Waals surface area contributed by atoms with Gasteiger partial charge in [-0.15, -0.1) is 0 Å². The van der Waals surface area contributed by atoms with Crippen molar-refractivity contribution in [3.8, 4) is 0 Å². The number of hydrogen-bond acceptors (Lipinski definition) is 6. The van der Waals surface area contributed by atoms with Gasteiger partial charge in [-0.2, -0.15) is 0 Å². The SMILES string of the molecule is CCOC(=O)/C(C=NCCNC(=O)OC(C)(C)C)=C(/N)C1CC1. The van der Waals surface area contributed by atoms with Crippen LogP contribution in [0.4, 0.5) is 4.79 Å². The number of nitrogens with zero attached hydrogens (tertiary/aromatic N) is 1. The van der Waals surface area contributed by atoms with Crippen LogP contribution in [0, 0.1) is 5.92 Å². The molecule has 0 saturated heterocycles. The van der Waals surface area contributed by atoms with Gasteiger partial charge in [0.25, 0.3) is 0 Å². The number of ether oxygens (including phenoxy) is 2. The third-order valence-electron chi connectivity index (χ3n) is 2.95. The lowest BCUT2D eigenvalue weighted by atomic mass is 10.1. The molecule has 0 atom stereocenters. The van der Waals surface area contributed by atoms with E-state index in [1.165, 1.54) is 6.21 Å². The van der Waals surface area contributed by atoms with Gasteiger partial charge in [0.1, 0.15) is 5.60 Å². The van der Waals surface area contributed by atoms with Crippen LogP contribution in [-0.4, -0.2) is 43.6 Å². The maximum Gasteiger partial charge on any atom is 0.407 e. The van der Waals surface area contributed by atoms with Crippen LogP contribution in [0.25, 0.3) is 0 Å². The van der Waals surface area contributed by atoms with Gasteiger partial charge >= 0.3 is 12.1 Å². The molecule has 7 heteroatoms. The third-order valence-corrected chi connectivity index (χ3v) is 2.95. The number of amides is 1. The summed E-state index contributed by atoms with van der Waals surface area (Å²) in [7, 11) is 0. The summed E-state index contributed by atoms with van der Waals surface area (Å²) in [5.41, 5.74) is 6.29. The van der Waals surface area contributed by atoms with Gasteiger partial charge in [0, 0.05) is 18.5 Å². The standard InChI is InChI=1S/C16H27N3O4/c1-5-22-14(20)12(13(17)11-6-7-11)10-18-8-9-19-15(21)23-16(2,3)4/h10-11H,5-9,17H2,1-4H3,(H,19,21)/b13-12+,18-10?. The van der Waals surface area contributed by atoms with E-state index < -0.39 is 17.7 Å². The highest BCUT2D eigenvalue weighted by Gasteiger charge is 2.28. The lowest BCUT2D eigenvalue weighted by Gasteiger charge is -2.19. The number of nitrogens with one attached hydrogen (secondary N) is 1. The third kappa shape index (κ3) is 7.67. The molecule has 0 unspecified atom stereocenters. The molecule has 0 radical (unpaired) electrons. The number of allylic oxidation sites excluding steroid dienone is 1. The van der Waals surface area contributed by atoms with Crippen molar-refractivity contribution in [2.75, 3.05) is 19.7 Å². The first kappa shape index (κ1) is 19.0. The summed E-state index contributed by atoms with van der Waals surface area (Å²) in [6.07, 6.45) is 2.92. The van der Waals surface area contributed by atoms with Crippen LogP contribution in [0.5, 0.6) is 0 Å².